The third-order valence-corrected chi connectivity index (χ3v) is 6.44. The Hall–Kier alpha value is -3.07. The smallest absolute Gasteiger partial charge is 0.223 e. The SMILES string of the molecule is O=C(NC1(c2ccc(F)cc2)CCOCC1)C1CCN(c2ccc3nncn3n2)CC1. The van der Waals surface area contributed by atoms with Crippen molar-refractivity contribution in [2.75, 3.05) is 31.2 Å². The molecule has 0 unspecified atom stereocenters. The van der Waals surface area contributed by atoms with Gasteiger partial charge in [0.2, 0.25) is 5.91 Å². The van der Waals surface area contributed by atoms with Gasteiger partial charge in [-0.2, -0.15) is 4.52 Å². The highest BCUT2D eigenvalue weighted by Crippen LogP contribution is 2.33. The first-order chi connectivity index (χ1) is 15.1. The lowest BCUT2D eigenvalue weighted by molar-refractivity contribution is -0.129. The van der Waals surface area contributed by atoms with Crippen LogP contribution in [0.1, 0.15) is 31.2 Å². The fraction of sp³-hybridized carbons (Fsp3) is 0.455. The van der Waals surface area contributed by atoms with Crippen molar-refractivity contribution in [3.63, 3.8) is 0 Å². The van der Waals surface area contributed by atoms with Crippen molar-refractivity contribution in [1.29, 1.82) is 0 Å². The Morgan fingerprint density at radius 1 is 1.10 bits per heavy atom. The minimum Gasteiger partial charge on any atom is -0.381 e. The Kier molecular flexibility index (Phi) is 5.27. The number of amides is 1. The van der Waals surface area contributed by atoms with Gasteiger partial charge in [-0.15, -0.1) is 15.3 Å². The number of fused-ring (bicyclic) bond motifs is 1. The number of halogens is 1. The zero-order valence-electron chi connectivity index (χ0n) is 17.2. The first-order valence-electron chi connectivity index (χ1n) is 10.7. The first-order valence-corrected chi connectivity index (χ1v) is 10.7. The van der Waals surface area contributed by atoms with Gasteiger partial charge >= 0.3 is 0 Å². The molecule has 2 aliphatic rings. The van der Waals surface area contributed by atoms with Gasteiger partial charge in [0.05, 0.1) is 5.54 Å². The van der Waals surface area contributed by atoms with E-state index in [1.807, 2.05) is 12.1 Å². The Bertz CT molecular complexity index is 1060. The molecule has 0 saturated carbocycles. The van der Waals surface area contributed by atoms with Gasteiger partial charge in [0.1, 0.15) is 18.0 Å². The number of carbonyl (C=O) groups excluding carboxylic acids is 1. The minimum absolute atomic E-state index is 0.0601. The van der Waals surface area contributed by atoms with Crippen molar-refractivity contribution < 1.29 is 13.9 Å². The predicted octanol–water partition coefficient (Wildman–Crippen LogP) is 2.30. The Morgan fingerprint density at radius 3 is 2.58 bits per heavy atom. The summed E-state index contributed by atoms with van der Waals surface area (Å²) in [6, 6.07) is 10.3. The summed E-state index contributed by atoms with van der Waals surface area (Å²) in [7, 11) is 0. The summed E-state index contributed by atoms with van der Waals surface area (Å²) in [6.45, 7) is 2.66. The van der Waals surface area contributed by atoms with Crippen LogP contribution in [0.3, 0.4) is 0 Å². The van der Waals surface area contributed by atoms with Gasteiger partial charge in [-0.1, -0.05) is 12.1 Å². The fourth-order valence-corrected chi connectivity index (χ4v) is 4.57. The van der Waals surface area contributed by atoms with E-state index in [4.69, 9.17) is 4.74 Å². The van der Waals surface area contributed by atoms with E-state index in [1.165, 1.54) is 12.1 Å². The molecule has 2 aromatic heterocycles. The number of hydrogen-bond acceptors (Lipinski definition) is 6. The Morgan fingerprint density at radius 2 is 1.84 bits per heavy atom. The van der Waals surface area contributed by atoms with Crippen molar-refractivity contribution in [3.05, 3.63) is 54.1 Å². The molecule has 2 aliphatic heterocycles. The fourth-order valence-electron chi connectivity index (χ4n) is 4.57. The summed E-state index contributed by atoms with van der Waals surface area (Å²) in [5.41, 5.74) is 1.15. The van der Waals surface area contributed by atoms with Crippen LogP contribution in [0.2, 0.25) is 0 Å². The van der Waals surface area contributed by atoms with Crippen LogP contribution in [0.25, 0.3) is 5.65 Å². The predicted molar refractivity (Wildman–Crippen MR) is 112 cm³/mol. The molecular formula is C22H25FN6O2. The molecule has 2 saturated heterocycles. The molecule has 5 rings (SSSR count). The highest BCUT2D eigenvalue weighted by molar-refractivity contribution is 5.80. The summed E-state index contributed by atoms with van der Waals surface area (Å²) < 4.78 is 20.6. The van der Waals surface area contributed by atoms with Crippen LogP contribution in [-0.2, 0) is 15.1 Å². The van der Waals surface area contributed by atoms with Gasteiger partial charge in [0, 0.05) is 32.2 Å². The molecule has 1 aromatic carbocycles. The summed E-state index contributed by atoms with van der Waals surface area (Å²) in [5.74, 6) is 0.587. The second-order valence-electron chi connectivity index (χ2n) is 8.28. The number of rotatable bonds is 4. The first kappa shape index (κ1) is 19.9. The maximum atomic E-state index is 13.4. The number of piperidine rings is 1. The maximum absolute atomic E-state index is 13.4. The standard InChI is InChI=1S/C22H25FN6O2/c23-18-3-1-17(2-4-18)22(9-13-31-14-10-22)25-21(30)16-7-11-28(12-8-16)20-6-5-19-26-24-15-29(19)27-20/h1-6,15-16H,7-14H2,(H,25,30). The second-order valence-corrected chi connectivity index (χ2v) is 8.28. The molecular weight excluding hydrogens is 399 g/mol. The molecule has 9 heteroatoms. The lowest BCUT2D eigenvalue weighted by Crippen LogP contribution is -2.52. The molecule has 162 valence electrons. The molecule has 1 amide bonds. The monoisotopic (exact) mass is 424 g/mol. The van der Waals surface area contributed by atoms with Crippen molar-refractivity contribution in [3.8, 4) is 0 Å². The highest BCUT2D eigenvalue weighted by Gasteiger charge is 2.38. The van der Waals surface area contributed by atoms with E-state index in [9.17, 15) is 9.18 Å². The summed E-state index contributed by atoms with van der Waals surface area (Å²) in [5, 5.41) is 15.7. The van der Waals surface area contributed by atoms with Crippen LogP contribution >= 0.6 is 0 Å². The third-order valence-electron chi connectivity index (χ3n) is 6.44. The van der Waals surface area contributed by atoms with Crippen molar-refractivity contribution in [1.82, 2.24) is 25.1 Å². The van der Waals surface area contributed by atoms with E-state index >= 15 is 0 Å². The molecule has 3 aromatic rings. The van der Waals surface area contributed by atoms with Gasteiger partial charge in [0.15, 0.2) is 5.65 Å². The summed E-state index contributed by atoms with van der Waals surface area (Å²) in [4.78, 5) is 15.4. The van der Waals surface area contributed by atoms with E-state index < -0.39 is 5.54 Å². The summed E-state index contributed by atoms with van der Waals surface area (Å²) >= 11 is 0. The van der Waals surface area contributed by atoms with E-state index in [1.54, 1.807) is 23.0 Å². The minimum atomic E-state index is -0.499. The molecule has 1 N–H and O–H groups in total. The normalized spacial score (nSPS) is 19.5. The van der Waals surface area contributed by atoms with E-state index in [-0.39, 0.29) is 17.6 Å². The quantitative estimate of drug-likeness (QED) is 0.692. The lowest BCUT2D eigenvalue weighted by Gasteiger charge is -2.40. The molecule has 0 spiro atoms. The molecule has 4 heterocycles. The third kappa shape index (κ3) is 3.97. The number of ether oxygens (including phenoxy) is 1. The van der Waals surface area contributed by atoms with Crippen molar-refractivity contribution >= 4 is 17.4 Å². The van der Waals surface area contributed by atoms with Crippen LogP contribution in [0.5, 0.6) is 0 Å². The number of benzene rings is 1. The van der Waals surface area contributed by atoms with Gasteiger partial charge in [-0.25, -0.2) is 4.39 Å². The molecule has 8 nitrogen and oxygen atoms in total. The molecule has 0 aliphatic carbocycles. The number of carbonyl (C=O) groups is 1. The number of nitrogens with zero attached hydrogens (tertiary/aromatic N) is 5. The maximum Gasteiger partial charge on any atom is 0.223 e. The average molecular weight is 424 g/mol. The molecule has 0 bridgehead atoms. The van der Waals surface area contributed by atoms with Gasteiger partial charge in [0.25, 0.3) is 0 Å². The number of aromatic nitrogens is 4. The summed E-state index contributed by atoms with van der Waals surface area (Å²) in [6.07, 6.45) is 4.47. The Labute approximate surface area is 179 Å². The van der Waals surface area contributed by atoms with E-state index in [0.29, 0.717) is 31.7 Å². The van der Waals surface area contributed by atoms with Gasteiger partial charge in [-0.3, -0.25) is 4.79 Å². The highest BCUT2D eigenvalue weighted by atomic mass is 19.1. The zero-order chi connectivity index (χ0) is 21.3. The number of nitrogens with one attached hydrogen (secondary N) is 1. The van der Waals surface area contributed by atoms with Crippen LogP contribution < -0.4 is 10.2 Å². The van der Waals surface area contributed by atoms with Crippen molar-refractivity contribution in [2.24, 2.45) is 5.92 Å². The van der Waals surface area contributed by atoms with Crippen LogP contribution in [-0.4, -0.2) is 52.0 Å². The number of anilines is 1. The molecule has 31 heavy (non-hydrogen) atoms. The second kappa shape index (κ2) is 8.22. The van der Waals surface area contributed by atoms with E-state index in [2.05, 4.69) is 25.5 Å². The number of hydrogen-bond donors (Lipinski definition) is 1. The van der Waals surface area contributed by atoms with Crippen molar-refractivity contribution in [2.45, 2.75) is 31.2 Å². The lowest BCUT2D eigenvalue weighted by atomic mass is 9.81. The topological polar surface area (TPSA) is 84.6 Å². The Balaban J connectivity index is 1.26. The zero-order valence-corrected chi connectivity index (χ0v) is 17.2. The van der Waals surface area contributed by atoms with Gasteiger partial charge in [-0.05, 0) is 55.5 Å². The molecule has 0 atom stereocenters. The average Bonchev–Trinajstić information content (AvgIpc) is 3.28. The van der Waals surface area contributed by atoms with Crippen LogP contribution in [0.15, 0.2) is 42.7 Å². The largest absolute Gasteiger partial charge is 0.381 e. The van der Waals surface area contributed by atoms with Crippen LogP contribution in [0.4, 0.5) is 10.2 Å². The molecule has 0 radical (unpaired) electrons. The van der Waals surface area contributed by atoms with E-state index in [0.717, 1.165) is 37.3 Å². The molecule has 2 fully saturated rings. The van der Waals surface area contributed by atoms with Crippen LogP contribution in [0, 0.1) is 11.7 Å². The van der Waals surface area contributed by atoms with Gasteiger partial charge < -0.3 is 15.0 Å².